The van der Waals surface area contributed by atoms with Gasteiger partial charge >= 0.3 is 0 Å². The quantitative estimate of drug-likeness (QED) is 0.875. The maximum atomic E-state index is 5.71. The van der Waals surface area contributed by atoms with Gasteiger partial charge in [0, 0.05) is 0 Å². The van der Waals surface area contributed by atoms with Crippen molar-refractivity contribution in [3.8, 4) is 5.88 Å². The molecule has 0 radical (unpaired) electrons. The number of fused-ring (bicyclic) bond motifs is 1. The van der Waals surface area contributed by atoms with E-state index in [0.29, 0.717) is 29.6 Å². The van der Waals surface area contributed by atoms with Gasteiger partial charge in [-0.3, -0.25) is 0 Å². The van der Waals surface area contributed by atoms with Gasteiger partial charge in [0.25, 0.3) is 0 Å². The molecule has 2 aromatic heterocycles. The first-order valence-corrected chi connectivity index (χ1v) is 6.19. The Morgan fingerprint density at radius 3 is 3.16 bits per heavy atom. The first-order valence-electron chi connectivity index (χ1n) is 6.19. The summed E-state index contributed by atoms with van der Waals surface area (Å²) in [6.07, 6.45) is 9.04. The molecule has 0 saturated heterocycles. The fraction of sp³-hybridized carbons (Fsp3) is 0.308. The summed E-state index contributed by atoms with van der Waals surface area (Å²) in [4.78, 5) is 15.1. The fourth-order valence-corrected chi connectivity index (χ4v) is 1.96. The van der Waals surface area contributed by atoms with Gasteiger partial charge in [-0.15, -0.1) is 0 Å². The molecule has 0 amide bonds. The Balaban J connectivity index is 1.79. The molecule has 3 rings (SSSR count). The Morgan fingerprint density at radius 1 is 1.47 bits per heavy atom. The van der Waals surface area contributed by atoms with Gasteiger partial charge in [-0.05, 0) is 17.9 Å². The summed E-state index contributed by atoms with van der Waals surface area (Å²) in [6.45, 7) is 2.65. The van der Waals surface area contributed by atoms with Gasteiger partial charge in [-0.2, -0.15) is 9.97 Å². The van der Waals surface area contributed by atoms with E-state index in [1.807, 2.05) is 0 Å². The zero-order valence-corrected chi connectivity index (χ0v) is 10.6. The van der Waals surface area contributed by atoms with Crippen LogP contribution in [0.4, 0.5) is 5.95 Å². The monoisotopic (exact) mass is 257 g/mol. The van der Waals surface area contributed by atoms with Crippen molar-refractivity contribution in [2.24, 2.45) is 5.92 Å². The minimum absolute atomic E-state index is 0.163. The van der Waals surface area contributed by atoms with Gasteiger partial charge in [0.1, 0.15) is 12.1 Å². The molecule has 19 heavy (non-hydrogen) atoms. The average molecular weight is 257 g/mol. The first-order chi connectivity index (χ1) is 9.22. The molecule has 0 aromatic carbocycles. The Kier molecular flexibility index (Phi) is 2.91. The van der Waals surface area contributed by atoms with E-state index in [1.54, 1.807) is 6.33 Å². The van der Waals surface area contributed by atoms with E-state index in [9.17, 15) is 0 Å². The molecule has 1 unspecified atom stereocenters. The molecule has 0 spiro atoms. The molecule has 98 valence electrons. The normalized spacial score (nSPS) is 18.6. The van der Waals surface area contributed by atoms with Gasteiger partial charge in [0.2, 0.25) is 11.8 Å². The zero-order valence-electron chi connectivity index (χ0n) is 10.6. The van der Waals surface area contributed by atoms with Crippen LogP contribution in [0.15, 0.2) is 30.1 Å². The highest BCUT2D eigenvalue weighted by molar-refractivity contribution is 5.76. The Hall–Kier alpha value is -2.37. The minimum Gasteiger partial charge on any atom is -0.471 e. The van der Waals surface area contributed by atoms with Gasteiger partial charge in [0.05, 0.1) is 6.33 Å². The summed E-state index contributed by atoms with van der Waals surface area (Å²) in [6, 6.07) is 0. The summed E-state index contributed by atoms with van der Waals surface area (Å²) in [5, 5.41) is 0. The standard InChI is InChI=1S/C13H15N5O/c1-8-2-4-9(5-3-8)6-19-12-10-11(16-7-15-10)17-13(14)18-12/h2,4-5,7-8H,3,6H2,1H3,(H3,14,15,16,17,18). The molecule has 1 atom stereocenters. The molecule has 1 aliphatic rings. The van der Waals surface area contributed by atoms with Crippen LogP contribution >= 0.6 is 0 Å². The van der Waals surface area contributed by atoms with Crippen LogP contribution in [0, 0.1) is 5.92 Å². The maximum absolute atomic E-state index is 5.71. The molecule has 0 bridgehead atoms. The average Bonchev–Trinajstić information content (AvgIpc) is 2.85. The largest absolute Gasteiger partial charge is 0.471 e. The second-order valence-corrected chi connectivity index (χ2v) is 4.63. The zero-order chi connectivity index (χ0) is 13.2. The number of aromatic nitrogens is 4. The van der Waals surface area contributed by atoms with E-state index in [2.05, 4.69) is 45.1 Å². The van der Waals surface area contributed by atoms with Crippen molar-refractivity contribution in [2.75, 3.05) is 12.3 Å². The van der Waals surface area contributed by atoms with E-state index in [-0.39, 0.29) is 5.95 Å². The lowest BCUT2D eigenvalue weighted by atomic mass is 9.99. The molecular formula is C13H15N5O. The van der Waals surface area contributed by atoms with E-state index < -0.39 is 0 Å². The highest BCUT2D eigenvalue weighted by Gasteiger charge is 2.11. The minimum atomic E-state index is 0.163. The van der Waals surface area contributed by atoms with Crippen molar-refractivity contribution < 1.29 is 4.74 Å². The lowest BCUT2D eigenvalue weighted by molar-refractivity contribution is 0.344. The Morgan fingerprint density at radius 2 is 2.37 bits per heavy atom. The smallest absolute Gasteiger partial charge is 0.245 e. The summed E-state index contributed by atoms with van der Waals surface area (Å²) in [5.41, 5.74) is 7.95. The molecule has 1 aliphatic carbocycles. The molecule has 6 heteroatoms. The van der Waals surface area contributed by atoms with Crippen LogP contribution in [0.25, 0.3) is 11.2 Å². The van der Waals surface area contributed by atoms with Crippen LogP contribution in [0.2, 0.25) is 0 Å². The second-order valence-electron chi connectivity index (χ2n) is 4.63. The summed E-state index contributed by atoms with van der Waals surface area (Å²) >= 11 is 0. The Labute approximate surface area is 110 Å². The predicted molar refractivity (Wildman–Crippen MR) is 72.6 cm³/mol. The maximum Gasteiger partial charge on any atom is 0.245 e. The third-order valence-electron chi connectivity index (χ3n) is 3.04. The van der Waals surface area contributed by atoms with Crippen LogP contribution in [0.5, 0.6) is 5.88 Å². The number of anilines is 1. The second kappa shape index (κ2) is 4.72. The molecule has 2 aromatic rings. The van der Waals surface area contributed by atoms with Crippen LogP contribution in [-0.2, 0) is 0 Å². The predicted octanol–water partition coefficient (Wildman–Crippen LogP) is 1.84. The van der Waals surface area contributed by atoms with Crippen molar-refractivity contribution in [2.45, 2.75) is 13.3 Å². The summed E-state index contributed by atoms with van der Waals surface area (Å²) < 4.78 is 5.71. The molecule has 0 saturated carbocycles. The van der Waals surface area contributed by atoms with Gasteiger partial charge in [-0.25, -0.2) is 4.98 Å². The number of nitrogens with one attached hydrogen (secondary N) is 1. The van der Waals surface area contributed by atoms with Crippen LogP contribution in [0.3, 0.4) is 0 Å². The van der Waals surface area contributed by atoms with Crippen LogP contribution in [0.1, 0.15) is 13.3 Å². The number of nitrogens with two attached hydrogens (primary N) is 1. The summed E-state index contributed by atoms with van der Waals surface area (Å²) in [7, 11) is 0. The van der Waals surface area contributed by atoms with Crippen molar-refractivity contribution in [3.05, 3.63) is 30.1 Å². The van der Waals surface area contributed by atoms with Crippen molar-refractivity contribution >= 4 is 17.1 Å². The fourth-order valence-electron chi connectivity index (χ4n) is 1.96. The molecule has 6 nitrogen and oxygen atoms in total. The molecule has 3 N–H and O–H groups in total. The lowest BCUT2D eigenvalue weighted by Gasteiger charge is -2.12. The number of nitrogen functional groups attached to an aromatic ring is 1. The number of H-pyrrole nitrogens is 1. The topological polar surface area (TPSA) is 89.7 Å². The van der Waals surface area contributed by atoms with Gasteiger partial charge in [0.15, 0.2) is 5.65 Å². The number of rotatable bonds is 3. The van der Waals surface area contributed by atoms with E-state index in [1.165, 1.54) is 0 Å². The first kappa shape index (κ1) is 11.7. The number of hydrogen-bond acceptors (Lipinski definition) is 5. The lowest BCUT2D eigenvalue weighted by Crippen LogP contribution is -2.06. The van der Waals surface area contributed by atoms with Gasteiger partial charge in [-0.1, -0.05) is 25.2 Å². The van der Waals surface area contributed by atoms with Crippen LogP contribution < -0.4 is 10.5 Å². The highest BCUT2D eigenvalue weighted by Crippen LogP contribution is 2.21. The SMILES string of the molecule is CC1C=CC(COc2nc(N)nc3nc[nH]c23)=CC1. The van der Waals surface area contributed by atoms with Crippen molar-refractivity contribution in [1.82, 2.24) is 19.9 Å². The van der Waals surface area contributed by atoms with E-state index >= 15 is 0 Å². The molecule has 0 aliphatic heterocycles. The number of nitrogens with zero attached hydrogens (tertiary/aromatic N) is 3. The van der Waals surface area contributed by atoms with E-state index in [4.69, 9.17) is 10.5 Å². The highest BCUT2D eigenvalue weighted by atomic mass is 16.5. The number of aromatic amines is 1. The Bertz CT molecular complexity index is 658. The van der Waals surface area contributed by atoms with E-state index in [0.717, 1.165) is 12.0 Å². The number of ether oxygens (including phenoxy) is 1. The molecular weight excluding hydrogens is 242 g/mol. The van der Waals surface area contributed by atoms with Gasteiger partial charge < -0.3 is 15.5 Å². The number of allylic oxidation sites excluding steroid dienone is 2. The molecule has 0 fully saturated rings. The van der Waals surface area contributed by atoms with Crippen molar-refractivity contribution in [1.29, 1.82) is 0 Å². The van der Waals surface area contributed by atoms with Crippen molar-refractivity contribution in [3.63, 3.8) is 0 Å². The summed E-state index contributed by atoms with van der Waals surface area (Å²) in [5.74, 6) is 1.20. The number of hydrogen-bond donors (Lipinski definition) is 2. The number of imidazole rings is 1. The third-order valence-corrected chi connectivity index (χ3v) is 3.04. The molecule has 2 heterocycles. The van der Waals surface area contributed by atoms with Crippen LogP contribution in [-0.4, -0.2) is 26.5 Å². The third kappa shape index (κ3) is 2.42.